The number of halogens is 3. The summed E-state index contributed by atoms with van der Waals surface area (Å²) in [6, 6.07) is 68.7. The predicted molar refractivity (Wildman–Crippen MR) is 556 cm³/mol. The van der Waals surface area contributed by atoms with Crippen molar-refractivity contribution < 1.29 is 131 Å². The van der Waals surface area contributed by atoms with Gasteiger partial charge in [-0.1, -0.05) is 257 Å². The largest absolute Gasteiger partial charge is 0.458 e. The van der Waals surface area contributed by atoms with E-state index in [4.69, 9.17) is 56.8 Å². The molecule has 0 amide bonds. The summed E-state index contributed by atoms with van der Waals surface area (Å²) < 4.78 is 69.3. The molecule has 0 spiro atoms. The Morgan fingerprint density at radius 3 is 0.741 bits per heavy atom. The molecule has 12 rings (SSSR count). The minimum absolute atomic E-state index is 0. The van der Waals surface area contributed by atoms with E-state index < -0.39 is 103 Å². The van der Waals surface area contributed by atoms with Crippen LogP contribution < -0.4 is 0 Å². The minimum Gasteiger partial charge on any atom is -0.458 e. The van der Waals surface area contributed by atoms with Crippen LogP contribution in [0.2, 0.25) is 0 Å². The summed E-state index contributed by atoms with van der Waals surface area (Å²) in [5.41, 5.74) is 3.18. The fourth-order valence-corrected chi connectivity index (χ4v) is 17.5. The molecule has 4 saturated heterocycles. The second-order valence-corrected chi connectivity index (χ2v) is 33.1. The Kier molecular flexibility index (Phi) is 57.8. The number of carbonyl (C=O) groups is 9. The summed E-state index contributed by atoms with van der Waals surface area (Å²) in [5.74, 6) is -4.58. The van der Waals surface area contributed by atoms with Gasteiger partial charge in [-0.15, -0.1) is 37.1 Å². The number of benzene rings is 8. The molecule has 0 bridgehead atoms. The van der Waals surface area contributed by atoms with Crippen LogP contribution in [0.3, 0.4) is 0 Å². The molecule has 4 fully saturated rings. The van der Waals surface area contributed by atoms with E-state index in [-0.39, 0.29) is 188 Å². The normalized spacial score (nSPS) is 22.3. The molecule has 4 aliphatic rings. The zero-order chi connectivity index (χ0) is 99.4. The van der Waals surface area contributed by atoms with Crippen LogP contribution in [0.1, 0.15) is 195 Å². The van der Waals surface area contributed by atoms with Gasteiger partial charge in [-0.05, 0) is 144 Å². The van der Waals surface area contributed by atoms with Gasteiger partial charge in [0, 0.05) is 82.0 Å². The Labute approximate surface area is 861 Å². The van der Waals surface area contributed by atoms with Crippen molar-refractivity contribution in [1.82, 2.24) is 0 Å². The Bertz CT molecular complexity index is 4680. The molecule has 139 heavy (non-hydrogen) atoms. The zero-order valence-corrected chi connectivity index (χ0v) is 85.6. The summed E-state index contributed by atoms with van der Waals surface area (Å²) >= 11 is 4.30. The maximum atomic E-state index is 12.8. The number of alkyl halides is 2. The van der Waals surface area contributed by atoms with Crippen LogP contribution in [0, 0.1) is 41.4 Å². The first-order valence-corrected chi connectivity index (χ1v) is 50.7. The van der Waals surface area contributed by atoms with Crippen LogP contribution in [-0.2, 0) is 61.6 Å². The van der Waals surface area contributed by atoms with Crippen molar-refractivity contribution in [3.05, 3.63) is 312 Å². The number of ether oxygens (including phenoxy) is 12. The Balaban J connectivity index is 0.000000321. The molecule has 5 unspecified atom stereocenters. The molecule has 756 valence electrons. The highest BCUT2D eigenvalue weighted by molar-refractivity contribution is 14.1. The number of aliphatic hydroxyl groups excluding tert-OH is 6. The molecule has 6 N–H and O–H groups in total. The van der Waals surface area contributed by atoms with E-state index in [2.05, 4.69) is 65.3 Å². The lowest BCUT2D eigenvalue weighted by molar-refractivity contribution is -0.111. The van der Waals surface area contributed by atoms with Crippen molar-refractivity contribution in [3.63, 3.8) is 0 Å². The van der Waals surface area contributed by atoms with Crippen molar-refractivity contribution in [1.29, 1.82) is 0 Å². The van der Waals surface area contributed by atoms with Crippen molar-refractivity contribution in [2.45, 2.75) is 198 Å². The second kappa shape index (κ2) is 67.0. The predicted octanol–water partition coefficient (Wildman–Crippen LogP) is 18.0. The molecular weight excluding hydrogens is 2120 g/mol. The van der Waals surface area contributed by atoms with E-state index >= 15 is 0 Å². The smallest absolute Gasteiger partial charge is 0.338 e. The van der Waals surface area contributed by atoms with Gasteiger partial charge in [0.2, 0.25) is 0 Å². The van der Waals surface area contributed by atoms with Crippen LogP contribution in [-0.4, -0.2) is 233 Å². The van der Waals surface area contributed by atoms with Crippen molar-refractivity contribution in [2.75, 3.05) is 62.7 Å². The van der Waals surface area contributed by atoms with Crippen molar-refractivity contribution >= 4 is 123 Å². The van der Waals surface area contributed by atoms with Gasteiger partial charge in [0.1, 0.15) is 57.1 Å². The van der Waals surface area contributed by atoms with Gasteiger partial charge in [-0.25, -0.2) is 38.4 Å². The van der Waals surface area contributed by atoms with Gasteiger partial charge in [0.25, 0.3) is 0 Å². The molecule has 21 atom stereocenters. The van der Waals surface area contributed by atoms with Gasteiger partial charge in [0.05, 0.1) is 112 Å². The van der Waals surface area contributed by atoms with E-state index in [9.17, 15) is 73.8 Å². The number of hydrogen-bond acceptors (Lipinski definition) is 27. The average molecular weight is 2260 g/mol. The van der Waals surface area contributed by atoms with Crippen LogP contribution in [0.25, 0.3) is 0 Å². The van der Waals surface area contributed by atoms with Gasteiger partial charge in [-0.3, -0.25) is 0 Å². The van der Waals surface area contributed by atoms with E-state index in [0.29, 0.717) is 70.2 Å². The van der Waals surface area contributed by atoms with E-state index in [1.54, 1.807) is 224 Å². The molecule has 0 radical (unpaired) electrons. The number of aldehydes is 1. The maximum absolute atomic E-state index is 12.8. The number of esters is 8. The molecule has 30 heteroatoms. The molecule has 8 aromatic carbocycles. The molecule has 0 aromatic heterocycles. The number of carbonyl (C=O) groups excluding carboxylic acids is 9. The molecule has 0 saturated carbocycles. The van der Waals surface area contributed by atoms with Gasteiger partial charge in [-0.2, -0.15) is 0 Å². The lowest BCUT2D eigenvalue weighted by Crippen LogP contribution is -2.34. The standard InChI is InChI=1S/C27H34O8.C27H32O6.C26H30O7.C26H30O6.2CH3I.CH4.HI/c1-2-22-23(16-29)25(35-24(22)13-20(30)15-28)14-21(34-27(32)19-11-7-4-8-12-19)17-33-26(31)18-9-5-3-6-10-18;1-3-11-24-22(4-2)23(17-28)25(33-24)16-21(32-27(30)20-14-9-6-10-15-20)18-31-26(29)19-12-7-5-8-13-19;1-2-21-22(16-28)24(33-23(21)13-14-27)15-20(32-26(30)19-11-7-4-8-12-19)17-31-25(29)18-9-5-3-6-10-18;1-3-11-22-21(4-2)24(27)23(32-22)16-20(31-26(29)19-14-9-6-10-15-19)17-30-25(28)18-12-7-5-8-13-18;2*1-2;;/h3-12,20-25,28-30H,2,13-17H2,1H3;3,5-10,12-15,21-25,28H,1,4,11,16-18H2,2H3;3-12,14,20-24,28H,2,13,15-17H2,1H3;3,5-10,12-15,20-24,27H,1,4,11,16-17H2,2H3;2*1H3;1H4;1H/t20?,21?,22-,23-,24+,25-;21?,22-,23-,24+,25-;20?,21-,22-,23+,24-;20?,21-,22-,23+,24+;;;;/m1110..../s1. The van der Waals surface area contributed by atoms with Crippen molar-refractivity contribution in [2.24, 2.45) is 41.4 Å². The van der Waals surface area contributed by atoms with Gasteiger partial charge in [0.15, 0.2) is 0 Å². The number of rotatable bonds is 44. The first-order chi connectivity index (χ1) is 66.6. The molecule has 27 nitrogen and oxygen atoms in total. The average Bonchev–Trinajstić information content (AvgIpc) is 1.68. The fraction of sp³-hybridized carbons (Fsp3) is 0.440. The number of aliphatic hydroxyl groups is 6. The minimum atomic E-state index is -0.925. The highest BCUT2D eigenvalue weighted by Crippen LogP contribution is 2.43. The molecule has 8 aromatic rings. The SMILES string of the molecule is C.C=CC[C@@H]1O[C@H](CC(COC(=O)c2ccccc2)OC(=O)c2ccccc2)[C@H](CO)[C@H]1CC.C=CC[C@@H]1O[C@H](CC(COC(=O)c2ccccc2)OC(=O)c2ccccc2)[C@H](O)[C@H]1CC.CC[C@@H]1[C@@H](CO)[C@@H](CC(COC(=O)c2ccccc2)OC(=O)c2ccccc2)O[C@H]1CC(O)CO.CC[C@@H]1[C@@H](CO)[C@@H](CC(COC(=O)c2ccccc2)OC(=O)c2ccccc2)O[C@H]1CC=O.CI.CI.I. The summed E-state index contributed by atoms with van der Waals surface area (Å²) in [6.45, 7) is 14.4. The van der Waals surface area contributed by atoms with Crippen LogP contribution >= 0.6 is 69.2 Å². The monoisotopic (exact) mass is 2260 g/mol. The third kappa shape index (κ3) is 38.3. The highest BCUT2D eigenvalue weighted by Gasteiger charge is 2.49. The van der Waals surface area contributed by atoms with E-state index in [0.717, 1.165) is 25.5 Å². The molecule has 4 heterocycles. The Morgan fingerprint density at radius 2 is 0.518 bits per heavy atom. The Morgan fingerprint density at radius 1 is 0.317 bits per heavy atom. The van der Waals surface area contributed by atoms with E-state index in [1.807, 2.05) is 61.0 Å². The third-order valence-corrected chi connectivity index (χ3v) is 24.3. The van der Waals surface area contributed by atoms with Crippen LogP contribution in [0.15, 0.2) is 268 Å². The first kappa shape index (κ1) is 120. The summed E-state index contributed by atoms with van der Waals surface area (Å²) in [7, 11) is 0. The summed E-state index contributed by atoms with van der Waals surface area (Å²) in [5, 5.41) is 60.2. The van der Waals surface area contributed by atoms with Gasteiger partial charge >= 0.3 is 47.8 Å². The Hall–Kier alpha value is -9.54. The summed E-state index contributed by atoms with van der Waals surface area (Å²) in [4.78, 5) is 116. The molecular formula is C109H137I3O27. The lowest BCUT2D eigenvalue weighted by Gasteiger charge is -2.25. The van der Waals surface area contributed by atoms with Gasteiger partial charge < -0.3 is 92.3 Å². The third-order valence-electron chi connectivity index (χ3n) is 24.3. The molecule has 4 aliphatic heterocycles. The fourth-order valence-electron chi connectivity index (χ4n) is 17.5. The van der Waals surface area contributed by atoms with Crippen LogP contribution in [0.4, 0.5) is 0 Å². The quantitative estimate of drug-likeness (QED) is 0.00516. The zero-order valence-electron chi connectivity index (χ0n) is 78.9. The van der Waals surface area contributed by atoms with Crippen molar-refractivity contribution in [3.8, 4) is 0 Å². The maximum Gasteiger partial charge on any atom is 0.338 e. The molecule has 0 aliphatic carbocycles. The number of hydrogen-bond donors (Lipinski definition) is 6. The second-order valence-electron chi connectivity index (χ2n) is 33.1. The van der Waals surface area contributed by atoms with Crippen LogP contribution in [0.5, 0.6) is 0 Å². The highest BCUT2D eigenvalue weighted by atomic mass is 127. The topological polar surface area (TPSA) is 386 Å². The van der Waals surface area contributed by atoms with E-state index in [1.165, 1.54) is 0 Å². The summed E-state index contributed by atoms with van der Waals surface area (Å²) in [6.07, 6.45) is 2.91. The first-order valence-electron chi connectivity index (χ1n) is 46.4. The lowest BCUT2D eigenvalue weighted by atomic mass is 9.82.